The molecule has 1 unspecified atom stereocenters. The minimum atomic E-state index is -5.47. The van der Waals surface area contributed by atoms with E-state index in [1.807, 2.05) is 30.3 Å². The van der Waals surface area contributed by atoms with Gasteiger partial charge in [0.25, 0.3) is 0 Å². The van der Waals surface area contributed by atoms with Crippen molar-refractivity contribution in [2.45, 2.75) is 58.1 Å². The fraction of sp³-hybridized carbons (Fsp3) is 0.647. The fourth-order valence-electron chi connectivity index (χ4n) is 2.07. The molecule has 1 atom stereocenters. The first kappa shape index (κ1) is 22.7. The first-order chi connectivity index (χ1) is 11.8. The molecule has 3 nitrogen and oxygen atoms in total. The van der Waals surface area contributed by atoms with Crippen LogP contribution < -0.4 is 0 Å². The molecule has 0 N–H and O–H groups in total. The minimum absolute atomic E-state index is 0.255. The number of benzene rings is 1. The summed E-state index contributed by atoms with van der Waals surface area (Å²) in [6.07, 6.45) is -11.8. The zero-order chi connectivity index (χ0) is 20.0. The topological polar surface area (TPSA) is 21.7 Å². The van der Waals surface area contributed by atoms with Crippen molar-refractivity contribution >= 4 is 0 Å². The van der Waals surface area contributed by atoms with E-state index in [1.54, 1.807) is 20.8 Å². The highest BCUT2D eigenvalue weighted by molar-refractivity contribution is 5.13. The van der Waals surface area contributed by atoms with Crippen LogP contribution in [0.15, 0.2) is 30.3 Å². The van der Waals surface area contributed by atoms with Crippen molar-refractivity contribution in [1.29, 1.82) is 0 Å². The van der Waals surface area contributed by atoms with Crippen LogP contribution in [0.25, 0.3) is 0 Å². The summed E-state index contributed by atoms with van der Waals surface area (Å²) >= 11 is 0. The van der Waals surface area contributed by atoms with Crippen LogP contribution in [0.3, 0.4) is 0 Å². The van der Waals surface area contributed by atoms with Gasteiger partial charge in [0.15, 0.2) is 0 Å². The third kappa shape index (κ3) is 7.51. The van der Waals surface area contributed by atoms with Crippen molar-refractivity contribution in [3.8, 4) is 0 Å². The van der Waals surface area contributed by atoms with Gasteiger partial charge >= 0.3 is 12.6 Å². The zero-order valence-electron chi connectivity index (χ0n) is 14.8. The summed E-state index contributed by atoms with van der Waals surface area (Å²) in [6, 6.07) is 9.34. The summed E-state index contributed by atoms with van der Waals surface area (Å²) < 4.78 is 85.6. The Hall–Kier alpha value is -1.32. The molecule has 0 bridgehead atoms. The second kappa shape index (κ2) is 9.05. The highest BCUT2D eigenvalue weighted by atomic mass is 19.4. The van der Waals surface area contributed by atoms with Gasteiger partial charge in [-0.05, 0) is 32.8 Å². The number of alkyl halides is 6. The molecule has 26 heavy (non-hydrogen) atoms. The molecule has 150 valence electrons. The molecule has 0 radical (unpaired) electrons. The SMILES string of the molecule is CC(OCc1ccccc1)C(C)(C)OCCCN(C(F)(F)F)C(F)(F)F. The average Bonchev–Trinajstić information content (AvgIpc) is 2.50. The lowest BCUT2D eigenvalue weighted by molar-refractivity contribution is -0.373. The van der Waals surface area contributed by atoms with Gasteiger partial charge in [0, 0.05) is 13.2 Å². The number of rotatable bonds is 9. The normalized spacial score (nSPS) is 14.7. The Kier molecular flexibility index (Phi) is 7.91. The van der Waals surface area contributed by atoms with E-state index in [9.17, 15) is 26.3 Å². The third-order valence-electron chi connectivity index (χ3n) is 3.93. The van der Waals surface area contributed by atoms with Gasteiger partial charge in [0.05, 0.1) is 18.3 Å². The highest BCUT2D eigenvalue weighted by Crippen LogP contribution is 2.33. The van der Waals surface area contributed by atoms with E-state index >= 15 is 0 Å². The third-order valence-corrected chi connectivity index (χ3v) is 3.93. The summed E-state index contributed by atoms with van der Waals surface area (Å²) in [5, 5.41) is 0. The molecule has 1 rings (SSSR count). The standard InChI is InChI=1S/C17H23F6NO2/c1-13(25-12-14-8-5-4-6-9-14)15(2,3)26-11-7-10-24(16(18,19)20)17(21,22)23/h4-6,8-9,13H,7,10-12H2,1-3H3. The van der Waals surface area contributed by atoms with Crippen LogP contribution in [0.4, 0.5) is 26.3 Å². The Bertz CT molecular complexity index is 516. The van der Waals surface area contributed by atoms with Crippen LogP contribution in [0.5, 0.6) is 0 Å². The zero-order valence-corrected chi connectivity index (χ0v) is 14.8. The van der Waals surface area contributed by atoms with Gasteiger partial charge < -0.3 is 9.47 Å². The van der Waals surface area contributed by atoms with Crippen molar-refractivity contribution in [1.82, 2.24) is 4.90 Å². The molecule has 0 amide bonds. The average molecular weight is 387 g/mol. The van der Waals surface area contributed by atoms with Crippen LogP contribution in [0.2, 0.25) is 0 Å². The maximum Gasteiger partial charge on any atom is 0.467 e. The van der Waals surface area contributed by atoms with Gasteiger partial charge in [0.1, 0.15) is 0 Å². The Morgan fingerprint density at radius 1 is 0.962 bits per heavy atom. The highest BCUT2D eigenvalue weighted by Gasteiger charge is 2.53. The van der Waals surface area contributed by atoms with Crippen LogP contribution in [-0.2, 0) is 16.1 Å². The second-order valence-electron chi connectivity index (χ2n) is 6.33. The lowest BCUT2D eigenvalue weighted by Gasteiger charge is -2.32. The smallest absolute Gasteiger partial charge is 0.373 e. The second-order valence-corrected chi connectivity index (χ2v) is 6.33. The van der Waals surface area contributed by atoms with Crippen LogP contribution >= 0.6 is 0 Å². The molecule has 0 fully saturated rings. The Labute approximate surface area is 148 Å². The summed E-state index contributed by atoms with van der Waals surface area (Å²) in [6.45, 7) is 3.93. The van der Waals surface area contributed by atoms with E-state index in [1.165, 1.54) is 0 Å². The fourth-order valence-corrected chi connectivity index (χ4v) is 2.07. The van der Waals surface area contributed by atoms with E-state index < -0.39 is 42.2 Å². The molecule has 0 spiro atoms. The molecule has 9 heteroatoms. The summed E-state index contributed by atoms with van der Waals surface area (Å²) in [7, 11) is 0. The number of hydrogen-bond donors (Lipinski definition) is 0. The number of ether oxygens (including phenoxy) is 2. The monoisotopic (exact) mass is 387 g/mol. The summed E-state index contributed by atoms with van der Waals surface area (Å²) in [5.41, 5.74) is 0.0805. The van der Waals surface area contributed by atoms with Crippen LogP contribution in [0, 0.1) is 0 Å². The molecular weight excluding hydrogens is 364 g/mol. The van der Waals surface area contributed by atoms with Crippen molar-refractivity contribution in [2.24, 2.45) is 0 Å². The minimum Gasteiger partial charge on any atom is -0.373 e. The van der Waals surface area contributed by atoms with Gasteiger partial charge in [-0.3, -0.25) is 0 Å². The Balaban J connectivity index is 2.44. The summed E-state index contributed by atoms with van der Waals surface area (Å²) in [5.74, 6) is 0. The number of nitrogens with zero attached hydrogens (tertiary/aromatic N) is 1. The maximum absolute atomic E-state index is 12.4. The van der Waals surface area contributed by atoms with E-state index in [-0.39, 0.29) is 6.61 Å². The van der Waals surface area contributed by atoms with E-state index in [4.69, 9.17) is 9.47 Å². The van der Waals surface area contributed by atoms with Gasteiger partial charge in [-0.1, -0.05) is 30.3 Å². The van der Waals surface area contributed by atoms with Crippen molar-refractivity contribution in [2.75, 3.05) is 13.2 Å². The number of halogens is 6. The van der Waals surface area contributed by atoms with Gasteiger partial charge in [0.2, 0.25) is 0 Å². The predicted octanol–water partition coefficient (Wildman–Crippen LogP) is 5.12. The van der Waals surface area contributed by atoms with Crippen LogP contribution in [0.1, 0.15) is 32.8 Å². The Morgan fingerprint density at radius 3 is 2.00 bits per heavy atom. The maximum atomic E-state index is 12.4. The largest absolute Gasteiger partial charge is 0.467 e. The van der Waals surface area contributed by atoms with E-state index in [0.717, 1.165) is 5.56 Å². The molecule has 1 aromatic rings. The van der Waals surface area contributed by atoms with Gasteiger partial charge in [-0.2, -0.15) is 26.3 Å². The molecule has 0 aliphatic rings. The molecule has 1 aromatic carbocycles. The molecule has 0 saturated heterocycles. The lowest BCUT2D eigenvalue weighted by Crippen LogP contribution is -2.48. The van der Waals surface area contributed by atoms with Crippen LogP contribution in [-0.4, -0.2) is 42.4 Å². The molecule has 0 aliphatic heterocycles. The van der Waals surface area contributed by atoms with Gasteiger partial charge in [-0.25, -0.2) is 0 Å². The molecule has 0 aliphatic carbocycles. The molecular formula is C17H23F6NO2. The molecule has 0 aromatic heterocycles. The first-order valence-electron chi connectivity index (χ1n) is 8.04. The molecule has 0 heterocycles. The predicted molar refractivity (Wildman–Crippen MR) is 84.2 cm³/mol. The van der Waals surface area contributed by atoms with Crippen molar-refractivity contribution in [3.63, 3.8) is 0 Å². The quantitative estimate of drug-likeness (QED) is 0.334. The Morgan fingerprint density at radius 2 is 1.50 bits per heavy atom. The molecule has 0 saturated carbocycles. The van der Waals surface area contributed by atoms with E-state index in [2.05, 4.69) is 0 Å². The van der Waals surface area contributed by atoms with Gasteiger partial charge in [-0.15, -0.1) is 4.90 Å². The van der Waals surface area contributed by atoms with E-state index in [0.29, 0.717) is 6.61 Å². The van der Waals surface area contributed by atoms with Crippen molar-refractivity contribution in [3.05, 3.63) is 35.9 Å². The number of hydrogen-bond acceptors (Lipinski definition) is 3. The lowest BCUT2D eigenvalue weighted by atomic mass is 10.0. The summed E-state index contributed by atoms with van der Waals surface area (Å²) in [4.78, 5) is -1.45. The van der Waals surface area contributed by atoms with Crippen molar-refractivity contribution < 1.29 is 35.8 Å². The first-order valence-corrected chi connectivity index (χ1v) is 8.04.